The summed E-state index contributed by atoms with van der Waals surface area (Å²) in [7, 11) is 0. The number of esters is 3. The molecule has 0 radical (unpaired) electrons. The van der Waals surface area contributed by atoms with Crippen LogP contribution in [0.15, 0.2) is 73.8 Å². The van der Waals surface area contributed by atoms with E-state index in [0.717, 1.165) is 24.5 Å². The van der Waals surface area contributed by atoms with Crippen molar-refractivity contribution >= 4 is 17.9 Å². The summed E-state index contributed by atoms with van der Waals surface area (Å²) < 4.78 is 27.0. The highest BCUT2D eigenvalue weighted by Gasteiger charge is 2.22. The fourth-order valence-corrected chi connectivity index (χ4v) is 5.13. The number of unbranched alkanes of at least 4 members (excludes halogenated alkanes) is 1. The van der Waals surface area contributed by atoms with Crippen molar-refractivity contribution in [2.45, 2.75) is 70.3 Å². The van der Waals surface area contributed by atoms with Gasteiger partial charge in [0.15, 0.2) is 6.10 Å². The first-order chi connectivity index (χ1) is 20.9. The van der Waals surface area contributed by atoms with Crippen molar-refractivity contribution in [3.63, 3.8) is 0 Å². The molecule has 1 saturated carbocycles. The smallest absolute Gasteiger partial charge is 0.343 e. The first kappa shape index (κ1) is 33.6. The fraction of sp³-hybridized carbons (Fsp3) is 0.457. The lowest BCUT2D eigenvalue weighted by Gasteiger charge is -2.28. The predicted octanol–water partition coefficient (Wildman–Crippen LogP) is 6.98. The maximum absolute atomic E-state index is 12.6. The van der Waals surface area contributed by atoms with Gasteiger partial charge in [0.2, 0.25) is 0 Å². The van der Waals surface area contributed by atoms with Crippen LogP contribution >= 0.6 is 0 Å². The lowest BCUT2D eigenvalue weighted by molar-refractivity contribution is -0.156. The van der Waals surface area contributed by atoms with Crippen LogP contribution in [0.4, 0.5) is 0 Å². The van der Waals surface area contributed by atoms with E-state index < -0.39 is 24.0 Å². The highest BCUT2D eigenvalue weighted by Crippen LogP contribution is 2.37. The highest BCUT2D eigenvalue weighted by atomic mass is 16.6. The third-order valence-corrected chi connectivity index (χ3v) is 7.48. The van der Waals surface area contributed by atoms with Gasteiger partial charge >= 0.3 is 17.9 Å². The van der Waals surface area contributed by atoms with Crippen LogP contribution in [0.25, 0.3) is 0 Å². The first-order valence-corrected chi connectivity index (χ1v) is 15.2. The molecule has 0 saturated heterocycles. The third kappa shape index (κ3) is 12.1. The minimum atomic E-state index is -0.740. The van der Waals surface area contributed by atoms with Gasteiger partial charge in [0.25, 0.3) is 0 Å². The van der Waals surface area contributed by atoms with Crippen LogP contribution in [-0.4, -0.2) is 50.4 Å². The molecule has 1 unspecified atom stereocenters. The second-order valence-electron chi connectivity index (χ2n) is 10.7. The van der Waals surface area contributed by atoms with Crippen LogP contribution in [0.3, 0.4) is 0 Å². The number of ether oxygens (including phenoxy) is 5. The van der Waals surface area contributed by atoms with Crippen molar-refractivity contribution in [3.8, 4) is 11.5 Å². The number of carbonyl (C=O) groups excluding carboxylic acids is 3. The van der Waals surface area contributed by atoms with Gasteiger partial charge in [-0.1, -0.05) is 45.1 Å². The van der Waals surface area contributed by atoms with Gasteiger partial charge in [0.05, 0.1) is 18.8 Å². The van der Waals surface area contributed by atoms with Gasteiger partial charge in [0.1, 0.15) is 18.1 Å². The zero-order valence-corrected chi connectivity index (χ0v) is 25.2. The minimum Gasteiger partial charge on any atom is -0.494 e. The summed E-state index contributed by atoms with van der Waals surface area (Å²) in [6.45, 7) is 9.76. The Morgan fingerprint density at radius 3 is 2.14 bits per heavy atom. The summed E-state index contributed by atoms with van der Waals surface area (Å²) in [4.78, 5) is 35.4. The van der Waals surface area contributed by atoms with Gasteiger partial charge in [-0.05, 0) is 92.3 Å². The van der Waals surface area contributed by atoms with E-state index in [4.69, 9.17) is 23.7 Å². The molecule has 0 aliphatic heterocycles. The van der Waals surface area contributed by atoms with E-state index in [1.807, 2.05) is 12.1 Å². The Morgan fingerprint density at radius 2 is 1.49 bits per heavy atom. The Labute approximate surface area is 255 Å². The van der Waals surface area contributed by atoms with Crippen LogP contribution in [0.5, 0.6) is 11.5 Å². The summed E-state index contributed by atoms with van der Waals surface area (Å²) in [6, 6.07) is 14.8. The number of carbonyl (C=O) groups is 3. The molecule has 0 spiro atoms. The molecule has 1 atom stereocenters. The zero-order chi connectivity index (χ0) is 30.9. The molecule has 2 aromatic rings. The molecule has 0 amide bonds. The molecular formula is C35H44O8. The van der Waals surface area contributed by atoms with Crippen molar-refractivity contribution in [1.82, 2.24) is 0 Å². The largest absolute Gasteiger partial charge is 0.494 e. The standard InChI is InChI=1S/C35H44O8/c1-4-9-26-10-12-27(13-11-26)28-14-20-31(21-15-28)43-35(38)29-16-18-30(19-17-29)40-23-8-7-22-39-24-32(42-34(37)6-3)25-41-33(36)5-2/h5-6,14-21,26-27,32H,2-4,7-13,22-25H2,1H3. The molecule has 8 nitrogen and oxygen atoms in total. The van der Waals surface area contributed by atoms with Gasteiger partial charge in [-0.3, -0.25) is 0 Å². The van der Waals surface area contributed by atoms with E-state index in [0.29, 0.717) is 42.6 Å². The monoisotopic (exact) mass is 592 g/mol. The molecule has 8 heteroatoms. The Hall–Kier alpha value is -3.91. The summed E-state index contributed by atoms with van der Waals surface area (Å²) in [5, 5.41) is 0. The molecule has 0 heterocycles. The van der Waals surface area contributed by atoms with E-state index >= 15 is 0 Å². The molecule has 1 aliphatic carbocycles. The SMILES string of the molecule is C=CC(=O)OCC(COCCCCOc1ccc(C(=O)Oc2ccc(C3CCC(CCC)CC3)cc2)cc1)OC(=O)C=C. The molecule has 0 bridgehead atoms. The number of hydrogen-bond donors (Lipinski definition) is 0. The molecule has 0 aromatic heterocycles. The van der Waals surface area contributed by atoms with Crippen LogP contribution < -0.4 is 9.47 Å². The average Bonchev–Trinajstić information content (AvgIpc) is 3.03. The first-order valence-electron chi connectivity index (χ1n) is 15.2. The highest BCUT2D eigenvalue weighted by molar-refractivity contribution is 5.91. The van der Waals surface area contributed by atoms with Gasteiger partial charge in [0, 0.05) is 18.8 Å². The Kier molecular flexibility index (Phi) is 14.5. The van der Waals surface area contributed by atoms with Crippen molar-refractivity contribution in [2.75, 3.05) is 26.4 Å². The maximum atomic E-state index is 12.6. The quantitative estimate of drug-likeness (QED) is 0.0791. The number of hydrogen-bond acceptors (Lipinski definition) is 8. The lowest BCUT2D eigenvalue weighted by atomic mass is 9.77. The average molecular weight is 593 g/mol. The molecule has 3 rings (SSSR count). The van der Waals surface area contributed by atoms with Gasteiger partial charge < -0.3 is 23.7 Å². The maximum Gasteiger partial charge on any atom is 0.343 e. The second-order valence-corrected chi connectivity index (χ2v) is 10.7. The predicted molar refractivity (Wildman–Crippen MR) is 164 cm³/mol. The van der Waals surface area contributed by atoms with Gasteiger partial charge in [-0.2, -0.15) is 0 Å². The molecule has 1 fully saturated rings. The van der Waals surface area contributed by atoms with Gasteiger partial charge in [-0.25, -0.2) is 14.4 Å². The third-order valence-electron chi connectivity index (χ3n) is 7.48. The van der Waals surface area contributed by atoms with Crippen LogP contribution in [-0.2, 0) is 23.8 Å². The van der Waals surface area contributed by atoms with E-state index in [9.17, 15) is 14.4 Å². The normalized spacial score (nSPS) is 16.9. The van der Waals surface area contributed by atoms with Crippen molar-refractivity contribution < 1.29 is 38.1 Å². The van der Waals surface area contributed by atoms with E-state index in [2.05, 4.69) is 32.2 Å². The number of benzene rings is 2. The number of rotatable bonds is 18. The molecule has 2 aromatic carbocycles. The lowest BCUT2D eigenvalue weighted by Crippen LogP contribution is -2.29. The molecule has 0 N–H and O–H groups in total. The van der Waals surface area contributed by atoms with Crippen LogP contribution in [0.2, 0.25) is 0 Å². The second kappa shape index (κ2) is 18.6. The zero-order valence-electron chi connectivity index (χ0n) is 25.2. The summed E-state index contributed by atoms with van der Waals surface area (Å²) in [5.74, 6) is 1.02. The summed E-state index contributed by atoms with van der Waals surface area (Å²) in [6.07, 6.45) is 10.4. The Balaban J connectivity index is 1.33. The van der Waals surface area contributed by atoms with Crippen LogP contribution in [0, 0.1) is 5.92 Å². The molecule has 43 heavy (non-hydrogen) atoms. The van der Waals surface area contributed by atoms with Crippen LogP contribution in [0.1, 0.15) is 80.1 Å². The summed E-state index contributed by atoms with van der Waals surface area (Å²) in [5.41, 5.74) is 1.78. The fourth-order valence-electron chi connectivity index (χ4n) is 5.13. The van der Waals surface area contributed by atoms with Crippen molar-refractivity contribution in [2.24, 2.45) is 5.92 Å². The van der Waals surface area contributed by atoms with Crippen molar-refractivity contribution in [1.29, 1.82) is 0 Å². The molecule has 1 aliphatic rings. The molecule has 232 valence electrons. The van der Waals surface area contributed by atoms with Crippen molar-refractivity contribution in [3.05, 3.63) is 85.0 Å². The summed E-state index contributed by atoms with van der Waals surface area (Å²) >= 11 is 0. The van der Waals surface area contributed by atoms with E-state index in [1.165, 1.54) is 44.1 Å². The van der Waals surface area contributed by atoms with E-state index in [1.54, 1.807) is 24.3 Å². The van der Waals surface area contributed by atoms with Gasteiger partial charge in [-0.15, -0.1) is 0 Å². The Bertz CT molecular complexity index is 1160. The topological polar surface area (TPSA) is 97.4 Å². The Morgan fingerprint density at radius 1 is 0.837 bits per heavy atom. The van der Waals surface area contributed by atoms with E-state index in [-0.39, 0.29) is 13.2 Å². The minimum absolute atomic E-state index is 0.0760. The molecular weight excluding hydrogens is 548 g/mol.